The van der Waals surface area contributed by atoms with E-state index in [0.29, 0.717) is 29.6 Å². The fourth-order valence-electron chi connectivity index (χ4n) is 1.71. The number of benzene rings is 1. The van der Waals surface area contributed by atoms with Gasteiger partial charge in [-0.1, -0.05) is 69.6 Å². The van der Waals surface area contributed by atoms with Crippen molar-refractivity contribution in [3.63, 3.8) is 0 Å². The summed E-state index contributed by atoms with van der Waals surface area (Å²) in [6.45, 7) is 0. The highest BCUT2D eigenvalue weighted by atomic mass is 35.6. The highest BCUT2D eigenvalue weighted by Gasteiger charge is 2.32. The maximum atomic E-state index is 12.7. The Morgan fingerprint density at radius 3 is 1.56 bits per heavy atom. The summed E-state index contributed by atoms with van der Waals surface area (Å²) in [6, 6.07) is 6.17. The van der Waals surface area contributed by atoms with E-state index in [0.717, 1.165) is 12.7 Å². The largest absolute Gasteiger partial charge is 0.497 e. The van der Waals surface area contributed by atoms with Crippen LogP contribution in [0.5, 0.6) is 5.75 Å². The van der Waals surface area contributed by atoms with Crippen LogP contribution in [0.15, 0.2) is 33.9 Å². The van der Waals surface area contributed by atoms with E-state index in [9.17, 15) is 9.59 Å². The second-order valence-corrected chi connectivity index (χ2v) is 12.4. The molecule has 0 radical (unpaired) electrons. The van der Waals surface area contributed by atoms with E-state index in [1.54, 1.807) is 12.1 Å². The molecule has 0 spiro atoms. The van der Waals surface area contributed by atoms with Gasteiger partial charge in [0.25, 0.3) is 6.25 Å². The Hall–Kier alpha value is 0.200. The lowest BCUT2D eigenvalue weighted by atomic mass is 10.3. The van der Waals surface area contributed by atoms with Crippen molar-refractivity contribution in [2.24, 2.45) is 0 Å². The highest BCUT2D eigenvalue weighted by Crippen LogP contribution is 2.42. The van der Waals surface area contributed by atoms with E-state index in [4.69, 9.17) is 74.3 Å². The Bertz CT molecular complexity index is 818. The molecule has 2 aromatic rings. The third-order valence-corrected chi connectivity index (χ3v) is 5.33. The van der Waals surface area contributed by atoms with Crippen molar-refractivity contribution in [2.75, 3.05) is 7.11 Å². The van der Waals surface area contributed by atoms with Crippen molar-refractivity contribution in [3.8, 4) is 11.4 Å². The molecular weight excluding hydrogens is 499 g/mol. The van der Waals surface area contributed by atoms with Gasteiger partial charge in [-0.25, -0.2) is 14.2 Å². The summed E-state index contributed by atoms with van der Waals surface area (Å²) in [4.78, 5) is 25.3. The SMILES string of the molecule is COc1ccc(-n2c(=O)n(SC(Cl)(Cl)Cl)n(SC(Cl)(Cl)Cl)c2=O)cc1. The first kappa shape index (κ1) is 21.5. The lowest BCUT2D eigenvalue weighted by Gasteiger charge is -2.14. The summed E-state index contributed by atoms with van der Waals surface area (Å²) in [5, 5.41) is 0. The normalized spacial score (nSPS) is 12.4. The Balaban J connectivity index is 2.66. The van der Waals surface area contributed by atoms with E-state index < -0.39 is 17.6 Å². The zero-order chi connectivity index (χ0) is 19.0. The molecule has 2 rings (SSSR count). The first-order chi connectivity index (χ1) is 11.4. The van der Waals surface area contributed by atoms with Crippen LogP contribution >= 0.6 is 93.5 Å². The molecule has 1 aromatic carbocycles. The molecule has 0 N–H and O–H groups in total. The third kappa shape index (κ3) is 5.59. The van der Waals surface area contributed by atoms with E-state index in [1.807, 2.05) is 0 Å². The maximum Gasteiger partial charge on any atom is 0.363 e. The molecule has 1 heterocycles. The van der Waals surface area contributed by atoms with Gasteiger partial charge in [-0.15, -0.1) is 0 Å². The lowest BCUT2D eigenvalue weighted by molar-refractivity contribution is 0.414. The van der Waals surface area contributed by atoms with Crippen molar-refractivity contribution in [1.29, 1.82) is 0 Å². The van der Waals surface area contributed by atoms with Crippen LogP contribution in [0.2, 0.25) is 0 Å². The van der Waals surface area contributed by atoms with Crippen molar-refractivity contribution in [2.45, 2.75) is 6.25 Å². The zero-order valence-electron chi connectivity index (χ0n) is 12.0. The molecule has 25 heavy (non-hydrogen) atoms. The summed E-state index contributed by atoms with van der Waals surface area (Å²) < 4.78 is 3.61. The Morgan fingerprint density at radius 2 is 1.24 bits per heavy atom. The molecule has 14 heteroatoms. The predicted molar refractivity (Wildman–Crippen MR) is 107 cm³/mol. The molecular formula is C11H7Cl6N3O3S2. The molecule has 0 saturated heterocycles. The number of alkyl halides is 6. The standard InChI is InChI=1S/C11H7Cl6N3O3S2/c1-23-7-4-2-6(3-5-7)18-8(21)19(24-10(12,13)14)20(9(18)22)25-11(15,16)17/h2-5H,1H3. The van der Waals surface area contributed by atoms with Gasteiger partial charge < -0.3 is 4.74 Å². The fourth-order valence-corrected chi connectivity index (χ4v) is 4.09. The number of hydrogen-bond acceptors (Lipinski definition) is 5. The van der Waals surface area contributed by atoms with Gasteiger partial charge in [-0.2, -0.15) is 8.17 Å². The van der Waals surface area contributed by atoms with Crippen LogP contribution < -0.4 is 16.1 Å². The number of aromatic nitrogens is 3. The minimum atomic E-state index is -1.93. The molecule has 0 aliphatic carbocycles. The van der Waals surface area contributed by atoms with Gasteiger partial charge in [-0.05, 0) is 24.3 Å². The molecule has 0 amide bonds. The van der Waals surface area contributed by atoms with Crippen molar-refractivity contribution in [3.05, 3.63) is 45.2 Å². The predicted octanol–water partition coefficient (Wildman–Crippen LogP) is 4.46. The Morgan fingerprint density at radius 1 is 0.840 bits per heavy atom. The fraction of sp³-hybridized carbons (Fsp3) is 0.273. The molecule has 138 valence electrons. The molecule has 0 unspecified atom stereocenters. The smallest absolute Gasteiger partial charge is 0.363 e. The van der Waals surface area contributed by atoms with Crippen LogP contribution in [0, 0.1) is 0 Å². The molecule has 0 fully saturated rings. The van der Waals surface area contributed by atoms with Gasteiger partial charge in [0.05, 0.1) is 12.8 Å². The van der Waals surface area contributed by atoms with E-state index in [2.05, 4.69) is 0 Å². The topological polar surface area (TPSA) is 58.2 Å². The van der Waals surface area contributed by atoms with Crippen LogP contribution in [0.25, 0.3) is 5.69 Å². The van der Waals surface area contributed by atoms with E-state index >= 15 is 0 Å². The summed E-state index contributed by atoms with van der Waals surface area (Å²) in [7, 11) is 1.49. The molecule has 0 bridgehead atoms. The number of halogens is 6. The van der Waals surface area contributed by atoms with Crippen LogP contribution in [0.3, 0.4) is 0 Å². The van der Waals surface area contributed by atoms with Gasteiger partial charge in [0.15, 0.2) is 0 Å². The molecule has 6 nitrogen and oxygen atoms in total. The lowest BCUT2D eigenvalue weighted by Crippen LogP contribution is -2.26. The van der Waals surface area contributed by atoms with Gasteiger partial charge in [0.1, 0.15) is 5.75 Å². The minimum absolute atomic E-state index is 0.262. The summed E-state index contributed by atoms with van der Waals surface area (Å²) in [5.74, 6) is 0.544. The molecule has 0 saturated carbocycles. The number of methoxy groups -OCH3 is 1. The number of ether oxygens (including phenoxy) is 1. The van der Waals surface area contributed by atoms with Crippen LogP contribution in [0.4, 0.5) is 0 Å². The molecule has 1 aromatic heterocycles. The van der Waals surface area contributed by atoms with Crippen LogP contribution in [0.1, 0.15) is 0 Å². The van der Waals surface area contributed by atoms with Gasteiger partial charge in [-0.3, -0.25) is 0 Å². The highest BCUT2D eigenvalue weighted by molar-refractivity contribution is 8.05. The van der Waals surface area contributed by atoms with Gasteiger partial charge >= 0.3 is 11.4 Å². The second kappa shape index (κ2) is 8.06. The Kier molecular flexibility index (Phi) is 6.93. The number of nitrogens with zero attached hydrogens (tertiary/aromatic N) is 3. The zero-order valence-corrected chi connectivity index (χ0v) is 18.1. The maximum absolute atomic E-state index is 12.7. The van der Waals surface area contributed by atoms with Crippen LogP contribution in [-0.4, -0.2) is 26.1 Å². The quantitative estimate of drug-likeness (QED) is 0.574. The van der Waals surface area contributed by atoms with Gasteiger partial charge in [0, 0.05) is 23.9 Å². The van der Waals surface area contributed by atoms with E-state index in [-0.39, 0.29) is 5.69 Å². The third-order valence-electron chi connectivity index (χ3n) is 2.59. The molecule has 0 aliphatic rings. The number of hydrogen-bond donors (Lipinski definition) is 0. The molecule has 0 aliphatic heterocycles. The van der Waals surface area contributed by atoms with E-state index in [1.165, 1.54) is 19.2 Å². The van der Waals surface area contributed by atoms with Gasteiger partial charge in [0.2, 0.25) is 0 Å². The van der Waals surface area contributed by atoms with Crippen molar-refractivity contribution >= 4 is 93.5 Å². The summed E-state index contributed by atoms with van der Waals surface area (Å²) >= 11 is 35.2. The Labute approximate surface area is 180 Å². The molecule has 0 atom stereocenters. The average Bonchev–Trinajstić information content (AvgIpc) is 2.69. The average molecular weight is 506 g/mol. The monoisotopic (exact) mass is 503 g/mol. The first-order valence-corrected chi connectivity index (χ1v) is 9.88. The van der Waals surface area contributed by atoms with Crippen molar-refractivity contribution in [1.82, 2.24) is 12.7 Å². The summed E-state index contributed by atoms with van der Waals surface area (Å²) in [6.07, 6.45) is 0. The van der Waals surface area contributed by atoms with Crippen LogP contribution in [-0.2, 0) is 0 Å². The number of rotatable bonds is 4. The first-order valence-electron chi connectivity index (χ1n) is 6.07. The van der Waals surface area contributed by atoms with Crippen molar-refractivity contribution < 1.29 is 4.74 Å². The minimum Gasteiger partial charge on any atom is -0.497 e. The second-order valence-electron chi connectivity index (χ2n) is 4.22. The summed E-state index contributed by atoms with van der Waals surface area (Å²) in [5.41, 5.74) is -1.33.